The Morgan fingerprint density at radius 3 is 2.54 bits per heavy atom. The number of nitrogens with zero attached hydrogens (tertiary/aromatic N) is 3. The van der Waals surface area contributed by atoms with Crippen molar-refractivity contribution in [1.29, 1.82) is 0 Å². The second kappa shape index (κ2) is 7.21. The minimum Gasteiger partial charge on any atom is -0.298 e. The molecule has 1 amide bonds. The Balaban J connectivity index is 1.75. The highest BCUT2D eigenvalue weighted by atomic mass is 32.1. The minimum atomic E-state index is -0.290. The number of aryl methyl sites for hydroxylation is 3. The van der Waals surface area contributed by atoms with E-state index in [4.69, 9.17) is 0 Å². The van der Waals surface area contributed by atoms with Crippen LogP contribution in [0.4, 0.5) is 9.52 Å². The zero-order chi connectivity index (χ0) is 18.8. The second-order valence-corrected chi connectivity index (χ2v) is 7.16. The molecule has 0 saturated heterocycles. The number of aromatic nitrogens is 3. The number of hydrogen-bond donors (Lipinski definition) is 1. The maximum atomic E-state index is 13.1. The van der Waals surface area contributed by atoms with Crippen LogP contribution >= 0.6 is 11.3 Å². The van der Waals surface area contributed by atoms with Crippen LogP contribution in [0, 0.1) is 26.6 Å². The standard InChI is InChI=1S/C19H19FN4OS/c1-11-16(12(2)24(4)23-11)9-10-17(25)21-19-22-18(13(3)26-19)14-5-7-15(20)8-6-14/h5-10H,1-4H3,(H,21,22,25)/b10-9+. The number of anilines is 1. The molecule has 3 rings (SSSR count). The van der Waals surface area contributed by atoms with Gasteiger partial charge in [-0.05, 0) is 51.1 Å². The van der Waals surface area contributed by atoms with Gasteiger partial charge in [0.2, 0.25) is 5.91 Å². The number of rotatable bonds is 4. The van der Waals surface area contributed by atoms with E-state index in [1.165, 1.54) is 29.5 Å². The van der Waals surface area contributed by atoms with Gasteiger partial charge in [0.05, 0.1) is 11.4 Å². The lowest BCUT2D eigenvalue weighted by atomic mass is 10.1. The predicted molar refractivity (Wildman–Crippen MR) is 103 cm³/mol. The summed E-state index contributed by atoms with van der Waals surface area (Å²) in [6.07, 6.45) is 3.24. The fraction of sp³-hybridized carbons (Fsp3) is 0.211. The molecule has 0 aliphatic carbocycles. The van der Waals surface area contributed by atoms with E-state index >= 15 is 0 Å². The van der Waals surface area contributed by atoms with Gasteiger partial charge in [-0.15, -0.1) is 11.3 Å². The van der Waals surface area contributed by atoms with Gasteiger partial charge in [0.25, 0.3) is 0 Å². The molecule has 26 heavy (non-hydrogen) atoms. The van der Waals surface area contributed by atoms with E-state index in [0.717, 1.165) is 33.1 Å². The normalized spacial score (nSPS) is 11.3. The molecule has 1 N–H and O–H groups in total. The van der Waals surface area contributed by atoms with Crippen molar-refractivity contribution in [2.24, 2.45) is 7.05 Å². The number of benzene rings is 1. The molecular formula is C19H19FN4OS. The third-order valence-corrected chi connectivity index (χ3v) is 5.00. The van der Waals surface area contributed by atoms with Crippen LogP contribution in [0.1, 0.15) is 21.8 Å². The monoisotopic (exact) mass is 370 g/mol. The summed E-state index contributed by atoms with van der Waals surface area (Å²) in [5.41, 5.74) is 4.36. The molecule has 0 bridgehead atoms. The lowest BCUT2D eigenvalue weighted by molar-refractivity contribution is -0.111. The molecule has 0 aliphatic heterocycles. The van der Waals surface area contributed by atoms with Crippen LogP contribution in [-0.4, -0.2) is 20.7 Å². The summed E-state index contributed by atoms with van der Waals surface area (Å²) in [6, 6.07) is 6.15. The molecule has 0 fully saturated rings. The molecule has 5 nitrogen and oxygen atoms in total. The minimum absolute atomic E-state index is 0.257. The number of amides is 1. The molecule has 134 valence electrons. The summed E-state index contributed by atoms with van der Waals surface area (Å²) in [7, 11) is 1.87. The van der Waals surface area contributed by atoms with E-state index in [2.05, 4.69) is 15.4 Å². The average Bonchev–Trinajstić information content (AvgIpc) is 3.06. The van der Waals surface area contributed by atoms with E-state index in [1.54, 1.807) is 22.9 Å². The van der Waals surface area contributed by atoms with Crippen molar-refractivity contribution in [3.05, 3.63) is 58.0 Å². The fourth-order valence-electron chi connectivity index (χ4n) is 2.66. The number of thiazole rings is 1. The van der Waals surface area contributed by atoms with Crippen molar-refractivity contribution >= 4 is 28.5 Å². The molecule has 1 aromatic carbocycles. The first-order valence-electron chi connectivity index (χ1n) is 8.08. The molecule has 2 aromatic heterocycles. The van der Waals surface area contributed by atoms with Gasteiger partial charge in [0, 0.05) is 34.8 Å². The maximum absolute atomic E-state index is 13.1. The van der Waals surface area contributed by atoms with Crippen LogP contribution in [0.2, 0.25) is 0 Å². The summed E-state index contributed by atoms with van der Waals surface area (Å²) in [5, 5.41) is 7.61. The molecule has 0 aliphatic rings. The molecule has 0 unspecified atom stereocenters. The molecule has 0 radical (unpaired) electrons. The molecule has 0 atom stereocenters. The molecule has 0 saturated carbocycles. The van der Waals surface area contributed by atoms with Gasteiger partial charge in [0.1, 0.15) is 5.82 Å². The number of hydrogen-bond acceptors (Lipinski definition) is 4. The highest BCUT2D eigenvalue weighted by Crippen LogP contribution is 2.30. The Morgan fingerprint density at radius 1 is 1.23 bits per heavy atom. The van der Waals surface area contributed by atoms with E-state index in [1.807, 2.05) is 27.8 Å². The third-order valence-electron chi connectivity index (χ3n) is 4.11. The first kappa shape index (κ1) is 18.0. The van der Waals surface area contributed by atoms with Crippen LogP contribution < -0.4 is 5.32 Å². The van der Waals surface area contributed by atoms with Crippen molar-refractivity contribution < 1.29 is 9.18 Å². The summed E-state index contributed by atoms with van der Waals surface area (Å²) in [6.45, 7) is 5.78. The van der Waals surface area contributed by atoms with E-state index in [9.17, 15) is 9.18 Å². The van der Waals surface area contributed by atoms with Gasteiger partial charge in [-0.1, -0.05) is 0 Å². The zero-order valence-corrected chi connectivity index (χ0v) is 15.8. The van der Waals surface area contributed by atoms with Crippen LogP contribution in [0.25, 0.3) is 17.3 Å². The van der Waals surface area contributed by atoms with Crippen molar-refractivity contribution in [2.75, 3.05) is 5.32 Å². The Morgan fingerprint density at radius 2 is 1.92 bits per heavy atom. The van der Waals surface area contributed by atoms with Crippen LogP contribution in [0.15, 0.2) is 30.3 Å². The Labute approximate surface area is 155 Å². The van der Waals surface area contributed by atoms with Gasteiger partial charge in [0.15, 0.2) is 5.13 Å². The molecular weight excluding hydrogens is 351 g/mol. The first-order valence-corrected chi connectivity index (χ1v) is 8.89. The average molecular weight is 370 g/mol. The summed E-state index contributed by atoms with van der Waals surface area (Å²) in [4.78, 5) is 17.6. The van der Waals surface area contributed by atoms with Gasteiger partial charge in [-0.25, -0.2) is 9.37 Å². The summed E-state index contributed by atoms with van der Waals surface area (Å²) in [5.74, 6) is -0.548. The fourth-order valence-corrected chi connectivity index (χ4v) is 3.50. The van der Waals surface area contributed by atoms with Gasteiger partial charge in [-0.2, -0.15) is 5.10 Å². The van der Waals surface area contributed by atoms with Gasteiger partial charge in [-0.3, -0.25) is 14.8 Å². The quantitative estimate of drug-likeness (QED) is 0.698. The number of carbonyl (C=O) groups excluding carboxylic acids is 1. The predicted octanol–water partition coefficient (Wildman–Crippen LogP) is 4.26. The van der Waals surface area contributed by atoms with Gasteiger partial charge >= 0.3 is 0 Å². The topological polar surface area (TPSA) is 59.8 Å². The second-order valence-electron chi connectivity index (χ2n) is 5.96. The van der Waals surface area contributed by atoms with Crippen molar-refractivity contribution in [3.8, 4) is 11.3 Å². The SMILES string of the molecule is Cc1nn(C)c(C)c1/C=C/C(=O)Nc1nc(-c2ccc(F)cc2)c(C)s1. The third kappa shape index (κ3) is 3.72. The molecule has 0 spiro atoms. The Kier molecular flexibility index (Phi) is 4.99. The van der Waals surface area contributed by atoms with Gasteiger partial charge < -0.3 is 0 Å². The first-order chi connectivity index (χ1) is 12.3. The number of carbonyl (C=O) groups is 1. The maximum Gasteiger partial charge on any atom is 0.250 e. The smallest absolute Gasteiger partial charge is 0.250 e. The highest BCUT2D eigenvalue weighted by molar-refractivity contribution is 7.16. The van der Waals surface area contributed by atoms with E-state index in [0.29, 0.717) is 5.13 Å². The number of nitrogens with one attached hydrogen (secondary N) is 1. The van der Waals surface area contributed by atoms with Crippen molar-refractivity contribution in [3.63, 3.8) is 0 Å². The van der Waals surface area contributed by atoms with Crippen LogP contribution in [0.5, 0.6) is 0 Å². The number of halogens is 1. The molecule has 7 heteroatoms. The largest absolute Gasteiger partial charge is 0.298 e. The molecule has 3 aromatic rings. The highest BCUT2D eigenvalue weighted by Gasteiger charge is 2.12. The summed E-state index contributed by atoms with van der Waals surface area (Å²) < 4.78 is 14.9. The lowest BCUT2D eigenvalue weighted by Gasteiger charge is -1.98. The lowest BCUT2D eigenvalue weighted by Crippen LogP contribution is -2.07. The summed E-state index contributed by atoms with van der Waals surface area (Å²) >= 11 is 1.39. The Hall–Kier alpha value is -2.80. The zero-order valence-electron chi connectivity index (χ0n) is 15.0. The van der Waals surface area contributed by atoms with Crippen molar-refractivity contribution in [1.82, 2.24) is 14.8 Å². The van der Waals surface area contributed by atoms with Crippen LogP contribution in [0.3, 0.4) is 0 Å². The molecule has 2 heterocycles. The van der Waals surface area contributed by atoms with E-state index in [-0.39, 0.29) is 11.7 Å². The van der Waals surface area contributed by atoms with Crippen LogP contribution in [-0.2, 0) is 11.8 Å². The van der Waals surface area contributed by atoms with Crippen molar-refractivity contribution in [2.45, 2.75) is 20.8 Å². The van der Waals surface area contributed by atoms with E-state index < -0.39 is 0 Å². The Bertz CT molecular complexity index is 986.